The first-order valence-electron chi connectivity index (χ1n) is 17.5. The van der Waals surface area contributed by atoms with Crippen molar-refractivity contribution in [1.29, 1.82) is 0 Å². The molecule has 0 saturated heterocycles. The van der Waals surface area contributed by atoms with E-state index in [0.717, 1.165) is 83.1 Å². The normalized spacial score (nSPS) is 10.8. The van der Waals surface area contributed by atoms with Gasteiger partial charge in [-0.1, -0.05) is 120 Å². The van der Waals surface area contributed by atoms with Gasteiger partial charge in [0.1, 0.15) is 17.3 Å². The Morgan fingerprint density at radius 2 is 0.944 bits per heavy atom. The first kappa shape index (κ1) is 35.9. The lowest BCUT2D eigenvalue weighted by molar-refractivity contribution is 0.0817. The zero-order valence-corrected chi connectivity index (χ0v) is 31.1. The molecule has 0 aliphatic heterocycles. The molecule has 0 spiro atoms. The molecule has 0 aliphatic carbocycles. The van der Waals surface area contributed by atoms with Gasteiger partial charge < -0.3 is 14.5 Å². The van der Waals surface area contributed by atoms with Crippen molar-refractivity contribution < 1.29 is 19.1 Å². The summed E-state index contributed by atoms with van der Waals surface area (Å²) in [5, 5.41) is 4.86. The SMILES string of the molecule is COc1ccc(-c2nc(-c3c4ccccc4c(Cl)c4ccccc34)[nH]c2-c2ccc(OC)cc2)cc1.Cc1ccc(C(=O)C(=O)c2ccc(C)cc2)cc1. The lowest BCUT2D eigenvalue weighted by Gasteiger charge is -2.12. The van der Waals surface area contributed by atoms with Crippen molar-refractivity contribution in [2.75, 3.05) is 14.2 Å². The molecule has 1 aromatic heterocycles. The summed E-state index contributed by atoms with van der Waals surface area (Å²) < 4.78 is 10.7. The van der Waals surface area contributed by atoms with Crippen LogP contribution in [0.3, 0.4) is 0 Å². The van der Waals surface area contributed by atoms with Gasteiger partial charge in [-0.3, -0.25) is 9.59 Å². The van der Waals surface area contributed by atoms with E-state index >= 15 is 0 Å². The molecule has 0 fully saturated rings. The fourth-order valence-electron chi connectivity index (χ4n) is 6.42. The van der Waals surface area contributed by atoms with E-state index in [1.807, 2.05) is 111 Å². The standard InChI is InChI=1S/C31H23ClN2O2.C16H14O2/c1-35-21-15-11-19(12-16-21)29-30(20-13-17-22(36-2)18-14-20)34-31(33-29)27-23-7-3-5-9-25(23)28(32)26-10-6-4-8-24(26)27;1-11-3-7-13(8-4-11)15(17)16(18)14-9-5-12(2)6-10-14/h3-18H,1-2H3,(H,33,34);3-10H,1-2H3. The lowest BCUT2D eigenvalue weighted by atomic mass is 9.96. The second kappa shape index (κ2) is 15.6. The van der Waals surface area contributed by atoms with Crippen LogP contribution in [0, 0.1) is 13.8 Å². The number of halogens is 1. The van der Waals surface area contributed by atoms with Gasteiger partial charge in [0.2, 0.25) is 11.6 Å². The Morgan fingerprint density at radius 3 is 1.37 bits per heavy atom. The second-order valence-corrected chi connectivity index (χ2v) is 13.3. The molecule has 0 unspecified atom stereocenters. The maximum absolute atomic E-state index is 12.0. The third kappa shape index (κ3) is 7.25. The van der Waals surface area contributed by atoms with Gasteiger partial charge in [-0.05, 0) is 73.2 Å². The average Bonchev–Trinajstić information content (AvgIpc) is 3.66. The number of methoxy groups -OCH3 is 2. The number of aromatic nitrogens is 2. The minimum absolute atomic E-state index is 0.436. The van der Waals surface area contributed by atoms with Crippen molar-refractivity contribution in [3.63, 3.8) is 0 Å². The molecule has 266 valence electrons. The van der Waals surface area contributed by atoms with Crippen LogP contribution >= 0.6 is 11.6 Å². The van der Waals surface area contributed by atoms with Crippen LogP contribution < -0.4 is 9.47 Å². The van der Waals surface area contributed by atoms with E-state index in [2.05, 4.69) is 29.2 Å². The zero-order chi connectivity index (χ0) is 37.8. The molecular formula is C47H37ClN2O4. The number of aryl methyl sites for hydroxylation is 2. The predicted molar refractivity (Wildman–Crippen MR) is 219 cm³/mol. The number of ether oxygens (including phenoxy) is 2. The van der Waals surface area contributed by atoms with Crippen LogP contribution in [0.1, 0.15) is 31.8 Å². The third-order valence-corrected chi connectivity index (χ3v) is 9.79. The fraction of sp³-hybridized carbons (Fsp3) is 0.0851. The first-order valence-corrected chi connectivity index (χ1v) is 17.8. The highest BCUT2D eigenvalue weighted by Crippen LogP contribution is 2.43. The number of Topliss-reactive ketones (excluding diaryl/α,β-unsaturated/α-hetero) is 2. The highest BCUT2D eigenvalue weighted by molar-refractivity contribution is 6.49. The van der Waals surface area contributed by atoms with Gasteiger partial charge >= 0.3 is 0 Å². The number of hydrogen-bond acceptors (Lipinski definition) is 5. The van der Waals surface area contributed by atoms with Gasteiger partial charge in [-0.25, -0.2) is 4.98 Å². The van der Waals surface area contributed by atoms with Crippen LogP contribution in [0.4, 0.5) is 0 Å². The van der Waals surface area contributed by atoms with Crippen LogP contribution in [0.25, 0.3) is 55.4 Å². The highest BCUT2D eigenvalue weighted by atomic mass is 35.5. The second-order valence-electron chi connectivity index (χ2n) is 12.9. The number of hydrogen-bond donors (Lipinski definition) is 1. The Labute approximate surface area is 319 Å². The average molecular weight is 729 g/mol. The van der Waals surface area contributed by atoms with E-state index in [-0.39, 0.29) is 0 Å². The van der Waals surface area contributed by atoms with Crippen molar-refractivity contribution in [2.24, 2.45) is 0 Å². The van der Waals surface area contributed by atoms with Crippen molar-refractivity contribution in [2.45, 2.75) is 13.8 Å². The molecule has 0 bridgehead atoms. The molecule has 0 radical (unpaired) electrons. The molecular weight excluding hydrogens is 692 g/mol. The van der Waals surface area contributed by atoms with Gasteiger partial charge in [0.25, 0.3) is 0 Å². The van der Waals surface area contributed by atoms with E-state index in [1.165, 1.54) is 0 Å². The van der Waals surface area contributed by atoms with Crippen LogP contribution in [-0.4, -0.2) is 35.8 Å². The van der Waals surface area contributed by atoms with Gasteiger partial charge in [-0.2, -0.15) is 0 Å². The summed E-state index contributed by atoms with van der Waals surface area (Å²) in [5.74, 6) is 1.47. The summed E-state index contributed by atoms with van der Waals surface area (Å²) >= 11 is 6.86. The Morgan fingerprint density at radius 1 is 0.537 bits per heavy atom. The maximum Gasteiger partial charge on any atom is 0.233 e. The van der Waals surface area contributed by atoms with E-state index < -0.39 is 11.6 Å². The monoisotopic (exact) mass is 728 g/mol. The summed E-state index contributed by atoms with van der Waals surface area (Å²) in [6.45, 7) is 3.88. The van der Waals surface area contributed by atoms with E-state index in [9.17, 15) is 9.59 Å². The number of ketones is 2. The number of rotatable bonds is 8. The topological polar surface area (TPSA) is 81.3 Å². The Bertz CT molecular complexity index is 2430. The molecule has 1 heterocycles. The first-order chi connectivity index (χ1) is 26.2. The molecule has 1 N–H and O–H groups in total. The molecule has 0 amide bonds. The molecule has 7 heteroatoms. The number of nitrogens with one attached hydrogen (secondary N) is 1. The maximum atomic E-state index is 12.0. The Hall–Kier alpha value is -6.50. The summed E-state index contributed by atoms with van der Waals surface area (Å²) in [7, 11) is 3.34. The lowest BCUT2D eigenvalue weighted by Crippen LogP contribution is -2.14. The van der Waals surface area contributed by atoms with Gasteiger partial charge in [0.05, 0.1) is 30.6 Å². The number of carbonyl (C=O) groups is 2. The number of nitrogens with zero attached hydrogens (tertiary/aromatic N) is 1. The quantitative estimate of drug-likeness (QED) is 0.0957. The molecule has 6 nitrogen and oxygen atoms in total. The Kier molecular flexibility index (Phi) is 10.4. The van der Waals surface area contributed by atoms with Crippen molar-refractivity contribution in [1.82, 2.24) is 9.97 Å². The summed E-state index contributed by atoms with van der Waals surface area (Å²) in [4.78, 5) is 32.8. The van der Waals surface area contributed by atoms with Crippen molar-refractivity contribution in [3.05, 3.63) is 173 Å². The van der Waals surface area contributed by atoms with Crippen LogP contribution in [0.15, 0.2) is 146 Å². The molecule has 0 saturated carbocycles. The summed E-state index contributed by atoms with van der Waals surface area (Å²) in [6, 6.07) is 46.5. The number of aromatic amines is 1. The number of imidazole rings is 1. The third-order valence-electron chi connectivity index (χ3n) is 9.38. The molecule has 7 aromatic carbocycles. The molecule has 8 rings (SSSR count). The molecule has 0 aliphatic rings. The number of benzene rings is 7. The summed E-state index contributed by atoms with van der Waals surface area (Å²) in [6.07, 6.45) is 0. The molecule has 54 heavy (non-hydrogen) atoms. The largest absolute Gasteiger partial charge is 0.497 e. The number of H-pyrrole nitrogens is 1. The van der Waals surface area contributed by atoms with Gasteiger partial charge in [0, 0.05) is 38.6 Å². The smallest absolute Gasteiger partial charge is 0.233 e. The highest BCUT2D eigenvalue weighted by Gasteiger charge is 2.21. The molecule has 0 atom stereocenters. The molecule has 8 aromatic rings. The Balaban J connectivity index is 0.000000210. The van der Waals surface area contributed by atoms with Crippen molar-refractivity contribution in [3.8, 4) is 45.4 Å². The predicted octanol–water partition coefficient (Wildman–Crippen LogP) is 11.8. The van der Waals surface area contributed by atoms with Crippen LogP contribution in [0.5, 0.6) is 11.5 Å². The summed E-state index contributed by atoms with van der Waals surface area (Å²) in [5.41, 5.74) is 7.83. The van der Waals surface area contributed by atoms with E-state index in [1.54, 1.807) is 38.5 Å². The van der Waals surface area contributed by atoms with Gasteiger partial charge in [0.15, 0.2) is 0 Å². The van der Waals surface area contributed by atoms with E-state index in [4.69, 9.17) is 26.1 Å². The van der Waals surface area contributed by atoms with Crippen LogP contribution in [-0.2, 0) is 0 Å². The van der Waals surface area contributed by atoms with Crippen LogP contribution in [0.2, 0.25) is 5.02 Å². The fourth-order valence-corrected chi connectivity index (χ4v) is 6.75. The van der Waals surface area contributed by atoms with Crippen molar-refractivity contribution >= 4 is 44.7 Å². The van der Waals surface area contributed by atoms with Gasteiger partial charge in [-0.15, -0.1) is 0 Å². The zero-order valence-electron chi connectivity index (χ0n) is 30.3. The van der Waals surface area contributed by atoms with E-state index in [0.29, 0.717) is 11.1 Å². The minimum Gasteiger partial charge on any atom is -0.497 e. The number of carbonyl (C=O) groups excluding carboxylic acids is 2. The number of fused-ring (bicyclic) bond motifs is 2. The minimum atomic E-state index is -0.459.